The Morgan fingerprint density at radius 3 is 2.50 bits per heavy atom. The molecule has 0 aromatic heterocycles. The van der Waals surface area contributed by atoms with E-state index in [0.717, 1.165) is 5.56 Å². The second-order valence-electron chi connectivity index (χ2n) is 5.01. The van der Waals surface area contributed by atoms with Gasteiger partial charge in [0.05, 0.1) is 4.90 Å². The molecule has 0 bridgehead atoms. The molecule has 0 heterocycles. The average molecular weight is 300 g/mol. The summed E-state index contributed by atoms with van der Waals surface area (Å²) in [6.45, 7) is 5.84. The fraction of sp³-hybridized carbons (Fsp3) is 0.571. The zero-order valence-electron chi connectivity index (χ0n) is 12.3. The Labute approximate surface area is 121 Å². The van der Waals surface area contributed by atoms with Crippen molar-refractivity contribution >= 4 is 15.7 Å². The first-order valence-corrected chi connectivity index (χ1v) is 8.29. The van der Waals surface area contributed by atoms with Gasteiger partial charge in [-0.1, -0.05) is 13.0 Å². The Hall–Kier alpha value is -1.11. The van der Waals surface area contributed by atoms with Gasteiger partial charge < -0.3 is 10.8 Å². The first-order valence-electron chi connectivity index (χ1n) is 6.85. The van der Waals surface area contributed by atoms with E-state index < -0.39 is 10.0 Å². The number of nitrogen functional groups attached to an aromatic ring is 1. The molecule has 0 atom stereocenters. The van der Waals surface area contributed by atoms with Gasteiger partial charge in [0, 0.05) is 24.9 Å². The number of hydrogen-bond donors (Lipinski definition) is 2. The van der Waals surface area contributed by atoms with Gasteiger partial charge in [-0.05, 0) is 44.4 Å². The number of aryl methyl sites for hydroxylation is 1. The maximum absolute atomic E-state index is 12.8. The van der Waals surface area contributed by atoms with Crippen LogP contribution >= 0.6 is 0 Å². The lowest BCUT2D eigenvalue weighted by molar-refractivity contribution is 0.258. The van der Waals surface area contributed by atoms with E-state index in [1.54, 1.807) is 12.1 Å². The summed E-state index contributed by atoms with van der Waals surface area (Å²) < 4.78 is 27.0. The van der Waals surface area contributed by atoms with Crippen molar-refractivity contribution in [3.05, 3.63) is 23.8 Å². The third-order valence-corrected chi connectivity index (χ3v) is 5.33. The Kier molecular flexibility index (Phi) is 5.98. The van der Waals surface area contributed by atoms with Crippen LogP contribution in [0.3, 0.4) is 0 Å². The van der Waals surface area contributed by atoms with Crippen LogP contribution in [0.1, 0.15) is 32.8 Å². The molecule has 1 aromatic rings. The van der Waals surface area contributed by atoms with Crippen LogP contribution in [0, 0.1) is 0 Å². The highest BCUT2D eigenvalue weighted by Crippen LogP contribution is 2.25. The number of rotatable bonds is 7. The highest BCUT2D eigenvalue weighted by Gasteiger charge is 2.28. The summed E-state index contributed by atoms with van der Waals surface area (Å²) in [5, 5.41) is 8.94. The quantitative estimate of drug-likeness (QED) is 0.749. The first kappa shape index (κ1) is 16.9. The monoisotopic (exact) mass is 300 g/mol. The summed E-state index contributed by atoms with van der Waals surface area (Å²) in [6, 6.07) is 4.82. The number of hydrogen-bond acceptors (Lipinski definition) is 4. The number of anilines is 1. The number of sulfonamides is 1. The predicted octanol–water partition coefficient (Wildman–Crippen LogP) is 1.61. The number of nitrogens with two attached hydrogens (primary N) is 1. The summed E-state index contributed by atoms with van der Waals surface area (Å²) in [6.07, 6.45) is 1.04. The maximum atomic E-state index is 12.8. The third kappa shape index (κ3) is 3.71. The SMILES string of the molecule is CCc1ccc(N)cc1S(=O)(=O)N(CCCO)C(C)C. The second kappa shape index (κ2) is 7.06. The van der Waals surface area contributed by atoms with Crippen LogP contribution in [0.4, 0.5) is 5.69 Å². The molecule has 0 amide bonds. The van der Waals surface area contributed by atoms with Gasteiger partial charge in [0.25, 0.3) is 0 Å². The van der Waals surface area contributed by atoms with Crippen molar-refractivity contribution in [1.29, 1.82) is 0 Å². The van der Waals surface area contributed by atoms with E-state index in [4.69, 9.17) is 10.8 Å². The van der Waals surface area contributed by atoms with Gasteiger partial charge in [-0.3, -0.25) is 0 Å². The van der Waals surface area contributed by atoms with E-state index in [9.17, 15) is 8.42 Å². The zero-order chi connectivity index (χ0) is 15.3. The molecule has 1 aromatic carbocycles. The minimum absolute atomic E-state index is 0.0314. The van der Waals surface area contributed by atoms with Crippen molar-refractivity contribution < 1.29 is 13.5 Å². The van der Waals surface area contributed by atoms with E-state index in [1.165, 1.54) is 10.4 Å². The molecule has 0 saturated heterocycles. The molecule has 0 fully saturated rings. The van der Waals surface area contributed by atoms with Gasteiger partial charge in [-0.2, -0.15) is 4.31 Å². The Balaban J connectivity index is 3.28. The lowest BCUT2D eigenvalue weighted by Crippen LogP contribution is -2.38. The van der Waals surface area contributed by atoms with E-state index >= 15 is 0 Å². The molecule has 0 aliphatic heterocycles. The van der Waals surface area contributed by atoms with E-state index in [1.807, 2.05) is 20.8 Å². The molecule has 1 rings (SSSR count). The van der Waals surface area contributed by atoms with Crippen LogP contribution < -0.4 is 5.73 Å². The van der Waals surface area contributed by atoms with Crippen molar-refractivity contribution in [2.45, 2.75) is 44.6 Å². The average Bonchev–Trinajstić information content (AvgIpc) is 2.38. The van der Waals surface area contributed by atoms with Gasteiger partial charge in [-0.15, -0.1) is 0 Å². The molecule has 0 radical (unpaired) electrons. The molecule has 5 nitrogen and oxygen atoms in total. The van der Waals surface area contributed by atoms with Crippen molar-refractivity contribution in [2.24, 2.45) is 0 Å². The van der Waals surface area contributed by atoms with Gasteiger partial charge in [-0.25, -0.2) is 8.42 Å². The molecule has 0 spiro atoms. The number of aliphatic hydroxyl groups is 1. The number of nitrogens with zero attached hydrogens (tertiary/aromatic N) is 1. The smallest absolute Gasteiger partial charge is 0.243 e. The Bertz CT molecular complexity index is 541. The fourth-order valence-corrected chi connectivity index (χ4v) is 4.12. The zero-order valence-corrected chi connectivity index (χ0v) is 13.2. The molecule has 3 N–H and O–H groups in total. The summed E-state index contributed by atoms with van der Waals surface area (Å²) in [7, 11) is -3.60. The lowest BCUT2D eigenvalue weighted by atomic mass is 10.1. The van der Waals surface area contributed by atoms with E-state index in [-0.39, 0.29) is 17.5 Å². The van der Waals surface area contributed by atoms with Crippen LogP contribution in [0.15, 0.2) is 23.1 Å². The Morgan fingerprint density at radius 1 is 1.35 bits per heavy atom. The topological polar surface area (TPSA) is 83.6 Å². The van der Waals surface area contributed by atoms with Crippen molar-refractivity contribution in [3.8, 4) is 0 Å². The molecule has 6 heteroatoms. The minimum Gasteiger partial charge on any atom is -0.399 e. The standard InChI is InChI=1S/C14H24N2O3S/c1-4-12-6-7-13(15)10-14(12)20(18,19)16(11(2)3)8-5-9-17/h6-7,10-11,17H,4-5,8-9,15H2,1-3H3. The summed E-state index contributed by atoms with van der Waals surface area (Å²) in [4.78, 5) is 0.270. The summed E-state index contributed by atoms with van der Waals surface area (Å²) in [5.41, 5.74) is 6.93. The predicted molar refractivity (Wildman–Crippen MR) is 81.0 cm³/mol. The van der Waals surface area contributed by atoms with Crippen LogP contribution in [-0.4, -0.2) is 37.0 Å². The molecule has 0 unspecified atom stereocenters. The van der Waals surface area contributed by atoms with Gasteiger partial charge in [0.15, 0.2) is 0 Å². The number of aliphatic hydroxyl groups excluding tert-OH is 1. The summed E-state index contributed by atoms with van der Waals surface area (Å²) in [5.74, 6) is 0. The van der Waals surface area contributed by atoms with Crippen LogP contribution in [-0.2, 0) is 16.4 Å². The second-order valence-corrected chi connectivity index (χ2v) is 6.87. The van der Waals surface area contributed by atoms with Crippen molar-refractivity contribution in [2.75, 3.05) is 18.9 Å². The Morgan fingerprint density at radius 2 is 2.00 bits per heavy atom. The maximum Gasteiger partial charge on any atom is 0.243 e. The van der Waals surface area contributed by atoms with E-state index in [0.29, 0.717) is 25.1 Å². The van der Waals surface area contributed by atoms with Gasteiger partial charge >= 0.3 is 0 Å². The first-order chi connectivity index (χ1) is 9.34. The van der Waals surface area contributed by atoms with Gasteiger partial charge in [0.2, 0.25) is 10.0 Å². The minimum atomic E-state index is -3.60. The summed E-state index contributed by atoms with van der Waals surface area (Å²) >= 11 is 0. The highest BCUT2D eigenvalue weighted by atomic mass is 32.2. The van der Waals surface area contributed by atoms with Crippen LogP contribution in [0.5, 0.6) is 0 Å². The van der Waals surface area contributed by atoms with Crippen LogP contribution in [0.2, 0.25) is 0 Å². The van der Waals surface area contributed by atoms with Crippen molar-refractivity contribution in [3.63, 3.8) is 0 Å². The normalized spacial score (nSPS) is 12.3. The van der Waals surface area contributed by atoms with Crippen molar-refractivity contribution in [1.82, 2.24) is 4.31 Å². The lowest BCUT2D eigenvalue weighted by Gasteiger charge is -2.26. The number of benzene rings is 1. The molecule has 0 aliphatic rings. The molecular formula is C14H24N2O3S. The molecule has 20 heavy (non-hydrogen) atoms. The van der Waals surface area contributed by atoms with Crippen LogP contribution in [0.25, 0.3) is 0 Å². The van der Waals surface area contributed by atoms with E-state index in [2.05, 4.69) is 0 Å². The molecule has 0 aliphatic carbocycles. The highest BCUT2D eigenvalue weighted by molar-refractivity contribution is 7.89. The molecule has 114 valence electrons. The fourth-order valence-electron chi connectivity index (χ4n) is 2.11. The third-order valence-electron chi connectivity index (χ3n) is 3.17. The van der Waals surface area contributed by atoms with Gasteiger partial charge in [0.1, 0.15) is 0 Å². The molecule has 0 saturated carbocycles. The molecular weight excluding hydrogens is 276 g/mol. The largest absolute Gasteiger partial charge is 0.399 e.